The summed E-state index contributed by atoms with van der Waals surface area (Å²) in [4.78, 5) is 11.9. The topological polar surface area (TPSA) is 47.6 Å². The summed E-state index contributed by atoms with van der Waals surface area (Å²) in [6.07, 6.45) is -0.0102. The van der Waals surface area contributed by atoms with Crippen LogP contribution in [0.15, 0.2) is 53.0 Å². The highest BCUT2D eigenvalue weighted by Gasteiger charge is 2.23. The quantitative estimate of drug-likeness (QED) is 0.906. The van der Waals surface area contributed by atoms with Crippen molar-refractivity contribution in [1.82, 2.24) is 5.32 Å². The molecule has 1 N–H and O–H groups in total. The predicted molar refractivity (Wildman–Crippen MR) is 86.9 cm³/mol. The van der Waals surface area contributed by atoms with Crippen molar-refractivity contribution < 1.29 is 14.3 Å². The molecule has 3 rings (SSSR count). The summed E-state index contributed by atoms with van der Waals surface area (Å²) in [5, 5.41) is 2.76. The Kier molecular flexibility index (Phi) is 4.63. The van der Waals surface area contributed by atoms with E-state index in [9.17, 15) is 4.79 Å². The maximum atomic E-state index is 11.9. The number of halogens is 1. The van der Waals surface area contributed by atoms with E-state index >= 15 is 0 Å². The van der Waals surface area contributed by atoms with Gasteiger partial charge in [0, 0.05) is 17.4 Å². The van der Waals surface area contributed by atoms with Gasteiger partial charge < -0.3 is 14.8 Å². The first-order valence-corrected chi connectivity index (χ1v) is 7.89. The third-order valence-electron chi connectivity index (χ3n) is 3.45. The third-order valence-corrected chi connectivity index (χ3v) is 3.95. The van der Waals surface area contributed by atoms with Gasteiger partial charge in [-0.2, -0.15) is 0 Å². The number of hydrogen-bond acceptors (Lipinski definition) is 3. The summed E-state index contributed by atoms with van der Waals surface area (Å²) in [7, 11) is 0. The molecule has 0 unspecified atom stereocenters. The fourth-order valence-corrected chi connectivity index (χ4v) is 2.70. The molecule has 22 heavy (non-hydrogen) atoms. The molecule has 1 heterocycles. The first kappa shape index (κ1) is 14.9. The molecule has 0 saturated carbocycles. The molecule has 2 aromatic rings. The number of alkyl carbamates (subject to hydrolysis) is 1. The van der Waals surface area contributed by atoms with Crippen molar-refractivity contribution in [2.24, 2.45) is 0 Å². The van der Waals surface area contributed by atoms with Crippen molar-refractivity contribution in [3.8, 4) is 5.75 Å². The first-order chi connectivity index (χ1) is 10.7. The Morgan fingerprint density at radius 3 is 2.91 bits per heavy atom. The van der Waals surface area contributed by atoms with Crippen LogP contribution in [0.2, 0.25) is 0 Å². The summed E-state index contributed by atoms with van der Waals surface area (Å²) in [6.45, 7) is 0.832. The summed E-state index contributed by atoms with van der Waals surface area (Å²) in [5.74, 6) is 0.846. The minimum Gasteiger partial charge on any atom is -0.489 e. The zero-order valence-corrected chi connectivity index (χ0v) is 13.5. The minimum absolute atomic E-state index is 0.260. The summed E-state index contributed by atoms with van der Waals surface area (Å²) >= 11 is 3.41. The fraction of sp³-hybridized carbons (Fsp3) is 0.235. The van der Waals surface area contributed by atoms with Gasteiger partial charge in [-0.25, -0.2) is 4.79 Å². The molecule has 5 heteroatoms. The number of nitrogens with one attached hydrogen (secondary N) is 1. The molecule has 1 atom stereocenters. The lowest BCUT2D eigenvalue weighted by atomic mass is 10.0. The highest BCUT2D eigenvalue weighted by Crippen LogP contribution is 2.28. The van der Waals surface area contributed by atoms with Crippen LogP contribution in [0, 0.1) is 0 Å². The lowest BCUT2D eigenvalue weighted by molar-refractivity contribution is 0.0554. The molecule has 1 aliphatic rings. The third kappa shape index (κ3) is 3.80. The molecular weight excluding hydrogens is 346 g/mol. The summed E-state index contributed by atoms with van der Waals surface area (Å²) in [5.41, 5.74) is 2.09. The highest BCUT2D eigenvalue weighted by molar-refractivity contribution is 9.10. The lowest BCUT2D eigenvalue weighted by Gasteiger charge is -2.25. The molecule has 0 radical (unpaired) electrons. The van der Waals surface area contributed by atoms with Crippen molar-refractivity contribution >= 4 is 22.0 Å². The van der Waals surface area contributed by atoms with Crippen LogP contribution >= 0.6 is 15.9 Å². The van der Waals surface area contributed by atoms with Crippen molar-refractivity contribution in [1.29, 1.82) is 0 Å². The molecule has 114 valence electrons. The van der Waals surface area contributed by atoms with E-state index < -0.39 is 6.09 Å². The van der Waals surface area contributed by atoms with E-state index in [-0.39, 0.29) is 6.10 Å². The van der Waals surface area contributed by atoms with Crippen molar-refractivity contribution in [3.63, 3.8) is 0 Å². The fourth-order valence-electron chi connectivity index (χ4n) is 2.36. The van der Waals surface area contributed by atoms with E-state index in [0.29, 0.717) is 19.6 Å². The maximum absolute atomic E-state index is 11.9. The summed E-state index contributed by atoms with van der Waals surface area (Å²) < 4.78 is 12.0. The average molecular weight is 362 g/mol. The van der Waals surface area contributed by atoms with Gasteiger partial charge in [-0.15, -0.1) is 0 Å². The molecule has 1 aliphatic heterocycles. The Balaban J connectivity index is 1.51. The maximum Gasteiger partial charge on any atom is 0.407 e. The molecule has 0 spiro atoms. The number of amides is 1. The molecular formula is C17H16BrNO3. The normalized spacial score (nSPS) is 16.3. The molecule has 0 saturated heterocycles. The van der Waals surface area contributed by atoms with Gasteiger partial charge in [-0.1, -0.05) is 52.3 Å². The van der Waals surface area contributed by atoms with Gasteiger partial charge in [0.05, 0.1) is 0 Å². The number of rotatable bonds is 3. The van der Waals surface area contributed by atoms with E-state index in [1.54, 1.807) is 0 Å². The summed E-state index contributed by atoms with van der Waals surface area (Å²) in [6, 6.07) is 15.6. The second-order valence-corrected chi connectivity index (χ2v) is 6.05. The Morgan fingerprint density at radius 2 is 2.09 bits per heavy atom. The van der Waals surface area contributed by atoms with Crippen LogP contribution in [-0.4, -0.2) is 18.8 Å². The van der Waals surface area contributed by atoms with Crippen LogP contribution in [0.1, 0.15) is 11.1 Å². The van der Waals surface area contributed by atoms with Crippen molar-refractivity contribution in [2.45, 2.75) is 19.1 Å². The van der Waals surface area contributed by atoms with E-state index in [1.165, 1.54) is 0 Å². The predicted octanol–water partition coefficient (Wildman–Crippen LogP) is 3.68. The van der Waals surface area contributed by atoms with Crippen LogP contribution < -0.4 is 10.1 Å². The molecule has 1 amide bonds. The van der Waals surface area contributed by atoms with Crippen molar-refractivity contribution in [3.05, 3.63) is 64.1 Å². The average Bonchev–Trinajstić information content (AvgIpc) is 2.54. The molecule has 0 aromatic heterocycles. The van der Waals surface area contributed by atoms with Crippen LogP contribution in [0.5, 0.6) is 5.75 Å². The standard InChI is InChI=1S/C17H16BrNO3/c18-14-7-6-13-8-15(11-21-16(13)9-14)22-17(20)19-10-12-4-2-1-3-5-12/h1-7,9,15H,8,10-11H2,(H,19,20)/t15-/m1/s1. The number of fused-ring (bicyclic) bond motifs is 1. The van der Waals surface area contributed by atoms with Gasteiger partial charge in [0.2, 0.25) is 0 Å². The molecule has 2 aromatic carbocycles. The van der Waals surface area contributed by atoms with E-state index in [4.69, 9.17) is 9.47 Å². The SMILES string of the molecule is O=C(NCc1ccccc1)O[C@H]1COc2cc(Br)ccc2C1. The minimum atomic E-state index is -0.419. The molecule has 0 fully saturated rings. The Morgan fingerprint density at radius 1 is 1.27 bits per heavy atom. The van der Waals surface area contributed by atoms with Crippen LogP contribution in [0.4, 0.5) is 4.79 Å². The molecule has 0 aliphatic carbocycles. The smallest absolute Gasteiger partial charge is 0.407 e. The van der Waals surface area contributed by atoms with E-state index in [2.05, 4.69) is 21.2 Å². The van der Waals surface area contributed by atoms with E-state index in [0.717, 1.165) is 21.3 Å². The molecule has 4 nitrogen and oxygen atoms in total. The zero-order chi connectivity index (χ0) is 15.4. The Labute approximate surface area is 137 Å². The van der Waals surface area contributed by atoms with Crippen LogP contribution in [0.3, 0.4) is 0 Å². The van der Waals surface area contributed by atoms with Gasteiger partial charge in [-0.3, -0.25) is 0 Å². The van der Waals surface area contributed by atoms with Gasteiger partial charge >= 0.3 is 6.09 Å². The van der Waals surface area contributed by atoms with Gasteiger partial charge in [-0.05, 0) is 23.3 Å². The zero-order valence-electron chi connectivity index (χ0n) is 11.9. The monoisotopic (exact) mass is 361 g/mol. The van der Waals surface area contributed by atoms with Crippen LogP contribution in [-0.2, 0) is 17.7 Å². The first-order valence-electron chi connectivity index (χ1n) is 7.10. The molecule has 0 bridgehead atoms. The number of benzene rings is 2. The second-order valence-electron chi connectivity index (χ2n) is 5.13. The lowest BCUT2D eigenvalue weighted by Crippen LogP contribution is -2.35. The van der Waals surface area contributed by atoms with E-state index in [1.807, 2.05) is 48.5 Å². The second kappa shape index (κ2) is 6.83. The van der Waals surface area contributed by atoms with Gasteiger partial charge in [0.1, 0.15) is 18.5 Å². The van der Waals surface area contributed by atoms with Gasteiger partial charge in [0.15, 0.2) is 0 Å². The van der Waals surface area contributed by atoms with Crippen LogP contribution in [0.25, 0.3) is 0 Å². The van der Waals surface area contributed by atoms with Crippen molar-refractivity contribution in [2.75, 3.05) is 6.61 Å². The number of ether oxygens (including phenoxy) is 2. The number of carbonyl (C=O) groups is 1. The Bertz CT molecular complexity index is 660. The largest absolute Gasteiger partial charge is 0.489 e. The number of carbonyl (C=O) groups excluding carboxylic acids is 1. The highest BCUT2D eigenvalue weighted by atomic mass is 79.9. The Hall–Kier alpha value is -2.01. The number of hydrogen-bond donors (Lipinski definition) is 1. The van der Waals surface area contributed by atoms with Gasteiger partial charge in [0.25, 0.3) is 0 Å².